The molecule has 3 N–H and O–H groups in total. The van der Waals surface area contributed by atoms with Crippen molar-refractivity contribution in [2.24, 2.45) is 0 Å². The van der Waals surface area contributed by atoms with Crippen LogP contribution in [0.1, 0.15) is 30.0 Å². The van der Waals surface area contributed by atoms with Crippen molar-refractivity contribution >= 4 is 6.09 Å². The van der Waals surface area contributed by atoms with Gasteiger partial charge in [0.25, 0.3) is 0 Å². The highest BCUT2D eigenvalue weighted by Gasteiger charge is 2.59. The molecule has 1 amide bonds. The molecule has 1 aromatic rings. The van der Waals surface area contributed by atoms with E-state index in [9.17, 15) is 9.90 Å². The number of aliphatic hydroxyl groups excluding tert-OH is 1. The van der Waals surface area contributed by atoms with Crippen molar-refractivity contribution in [1.82, 2.24) is 5.32 Å². The molecule has 1 fully saturated rings. The van der Waals surface area contributed by atoms with Crippen LogP contribution in [0.15, 0.2) is 24.3 Å². The summed E-state index contributed by atoms with van der Waals surface area (Å²) >= 11 is 0. The lowest BCUT2D eigenvalue weighted by Gasteiger charge is -2.19. The van der Waals surface area contributed by atoms with Gasteiger partial charge < -0.3 is 15.5 Å². The summed E-state index contributed by atoms with van der Waals surface area (Å²) in [5, 5.41) is 21.4. The van der Waals surface area contributed by atoms with E-state index in [0.717, 1.165) is 24.0 Å². The normalized spacial score (nSPS) is 28.8. The highest BCUT2D eigenvalue weighted by Crippen LogP contribution is 2.59. The van der Waals surface area contributed by atoms with Crippen LogP contribution in [0.3, 0.4) is 0 Å². The summed E-state index contributed by atoms with van der Waals surface area (Å²) in [7, 11) is 0. The highest BCUT2D eigenvalue weighted by molar-refractivity contribution is 5.66. The zero-order valence-corrected chi connectivity index (χ0v) is 8.68. The molecule has 2 aliphatic carbocycles. The van der Waals surface area contributed by atoms with E-state index < -0.39 is 18.2 Å². The van der Waals surface area contributed by atoms with E-state index in [1.165, 1.54) is 0 Å². The molecule has 0 heterocycles. The summed E-state index contributed by atoms with van der Waals surface area (Å²) in [6, 6.07) is 7.23. The van der Waals surface area contributed by atoms with Gasteiger partial charge in [-0.2, -0.15) is 0 Å². The maximum Gasteiger partial charge on any atom is 0.405 e. The predicted molar refractivity (Wildman–Crippen MR) is 57.3 cm³/mol. The Labute approximate surface area is 92.9 Å². The molecule has 0 aliphatic heterocycles. The maximum absolute atomic E-state index is 10.7. The van der Waals surface area contributed by atoms with Gasteiger partial charge in [-0.25, -0.2) is 4.79 Å². The zero-order valence-electron chi connectivity index (χ0n) is 8.68. The lowest BCUT2D eigenvalue weighted by molar-refractivity contribution is 0.101. The summed E-state index contributed by atoms with van der Waals surface area (Å²) in [6.07, 6.45) is 0.184. The number of benzene rings is 1. The third kappa shape index (κ3) is 1.10. The number of fused-ring (bicyclic) bond motifs is 2. The topological polar surface area (TPSA) is 69.6 Å². The Balaban J connectivity index is 2.06. The van der Waals surface area contributed by atoms with Crippen LogP contribution in [0.25, 0.3) is 0 Å². The Hall–Kier alpha value is -1.55. The van der Waals surface area contributed by atoms with Crippen molar-refractivity contribution < 1.29 is 15.0 Å². The van der Waals surface area contributed by atoms with E-state index in [2.05, 4.69) is 5.32 Å². The fourth-order valence-electron chi connectivity index (χ4n) is 2.86. The molecule has 84 valence electrons. The maximum atomic E-state index is 10.7. The minimum Gasteiger partial charge on any atom is -0.465 e. The number of carbonyl (C=O) groups is 1. The van der Waals surface area contributed by atoms with Crippen LogP contribution in [-0.4, -0.2) is 22.4 Å². The van der Waals surface area contributed by atoms with Gasteiger partial charge in [-0.05, 0) is 24.0 Å². The molecule has 2 aliphatic rings. The molecule has 1 saturated carbocycles. The van der Waals surface area contributed by atoms with Gasteiger partial charge in [0.2, 0.25) is 0 Å². The Kier molecular flexibility index (Phi) is 1.80. The van der Waals surface area contributed by atoms with E-state index in [4.69, 9.17) is 5.11 Å². The molecule has 0 aromatic heterocycles. The minimum atomic E-state index is -1.09. The zero-order chi connectivity index (χ0) is 11.3. The number of amides is 1. The lowest BCUT2D eigenvalue weighted by atomic mass is 9.97. The number of aliphatic hydroxyl groups is 1. The standard InChI is InChI=1S/C12H13NO3/c14-10-9(13-11(15)16)7-3-1-2-4-8(7)12(10)5-6-12/h1-4,9-10,13-14H,5-6H2,(H,15,16)/t9-,10+/m1/s1. The SMILES string of the molecule is O=C(O)N[C@@H]1c2ccccc2C2(CC2)[C@H]1O. The van der Waals surface area contributed by atoms with Gasteiger partial charge in [0, 0.05) is 5.41 Å². The largest absolute Gasteiger partial charge is 0.465 e. The van der Waals surface area contributed by atoms with E-state index in [1.807, 2.05) is 24.3 Å². The van der Waals surface area contributed by atoms with Crippen LogP contribution in [0.5, 0.6) is 0 Å². The molecule has 0 unspecified atom stereocenters. The third-order valence-corrected chi connectivity index (χ3v) is 3.78. The van der Waals surface area contributed by atoms with Crippen LogP contribution < -0.4 is 5.32 Å². The lowest BCUT2D eigenvalue weighted by Crippen LogP contribution is -2.36. The Bertz CT molecular complexity index is 453. The first-order valence-corrected chi connectivity index (χ1v) is 5.42. The van der Waals surface area contributed by atoms with Gasteiger partial charge in [-0.15, -0.1) is 0 Å². The van der Waals surface area contributed by atoms with Crippen molar-refractivity contribution in [1.29, 1.82) is 0 Å². The second-order valence-corrected chi connectivity index (χ2v) is 4.62. The molecule has 4 nitrogen and oxygen atoms in total. The van der Waals surface area contributed by atoms with Gasteiger partial charge in [-0.3, -0.25) is 0 Å². The molecule has 2 atom stereocenters. The molecule has 0 bridgehead atoms. The van der Waals surface area contributed by atoms with Crippen molar-refractivity contribution in [3.8, 4) is 0 Å². The van der Waals surface area contributed by atoms with E-state index >= 15 is 0 Å². The van der Waals surface area contributed by atoms with Crippen molar-refractivity contribution in [3.63, 3.8) is 0 Å². The molecule has 0 radical (unpaired) electrons. The summed E-state index contributed by atoms with van der Waals surface area (Å²) < 4.78 is 0. The second-order valence-electron chi connectivity index (χ2n) is 4.62. The Morgan fingerprint density at radius 2 is 2.06 bits per heavy atom. The second kappa shape index (κ2) is 2.98. The molecule has 4 heteroatoms. The third-order valence-electron chi connectivity index (χ3n) is 3.78. The summed E-state index contributed by atoms with van der Waals surface area (Å²) in [5.41, 5.74) is 1.86. The van der Waals surface area contributed by atoms with Gasteiger partial charge in [-0.1, -0.05) is 24.3 Å². The molecular formula is C12H13NO3. The van der Waals surface area contributed by atoms with Crippen molar-refractivity contribution in [3.05, 3.63) is 35.4 Å². The molecule has 1 spiro atoms. The average molecular weight is 219 g/mol. The summed E-state index contributed by atoms with van der Waals surface area (Å²) in [5.74, 6) is 0. The van der Waals surface area contributed by atoms with E-state index in [-0.39, 0.29) is 5.41 Å². The highest BCUT2D eigenvalue weighted by atomic mass is 16.4. The van der Waals surface area contributed by atoms with Gasteiger partial charge in [0.15, 0.2) is 0 Å². The molecule has 0 saturated heterocycles. The quantitative estimate of drug-likeness (QED) is 0.668. The fraction of sp³-hybridized carbons (Fsp3) is 0.417. The molecule has 1 aromatic carbocycles. The summed E-state index contributed by atoms with van der Waals surface area (Å²) in [4.78, 5) is 10.7. The Morgan fingerprint density at radius 1 is 1.38 bits per heavy atom. The van der Waals surface area contributed by atoms with Crippen LogP contribution in [0.2, 0.25) is 0 Å². The van der Waals surface area contributed by atoms with E-state index in [0.29, 0.717) is 0 Å². The molecule has 3 rings (SSSR count). The average Bonchev–Trinajstić information content (AvgIpc) is 3.02. The monoisotopic (exact) mass is 219 g/mol. The first kappa shape index (κ1) is 9.66. The van der Waals surface area contributed by atoms with Crippen LogP contribution in [0.4, 0.5) is 4.79 Å². The minimum absolute atomic E-state index is 0.177. The molecule has 16 heavy (non-hydrogen) atoms. The Morgan fingerprint density at radius 3 is 2.69 bits per heavy atom. The number of rotatable bonds is 1. The van der Waals surface area contributed by atoms with Crippen LogP contribution in [0, 0.1) is 0 Å². The van der Waals surface area contributed by atoms with Crippen LogP contribution >= 0.6 is 0 Å². The first-order valence-electron chi connectivity index (χ1n) is 5.42. The number of carboxylic acid groups (broad SMARTS) is 1. The van der Waals surface area contributed by atoms with Gasteiger partial charge in [0.05, 0.1) is 12.1 Å². The number of hydrogen-bond acceptors (Lipinski definition) is 2. The first-order chi connectivity index (χ1) is 7.65. The fourth-order valence-corrected chi connectivity index (χ4v) is 2.86. The van der Waals surface area contributed by atoms with Crippen molar-refractivity contribution in [2.75, 3.05) is 0 Å². The van der Waals surface area contributed by atoms with Crippen molar-refractivity contribution in [2.45, 2.75) is 30.4 Å². The predicted octanol–water partition coefficient (Wildman–Crippen LogP) is 1.40. The van der Waals surface area contributed by atoms with Gasteiger partial charge >= 0.3 is 6.09 Å². The van der Waals surface area contributed by atoms with Gasteiger partial charge in [0.1, 0.15) is 0 Å². The van der Waals surface area contributed by atoms with E-state index in [1.54, 1.807) is 0 Å². The summed E-state index contributed by atoms with van der Waals surface area (Å²) in [6.45, 7) is 0. The number of hydrogen-bond donors (Lipinski definition) is 3. The smallest absolute Gasteiger partial charge is 0.405 e. The van der Waals surface area contributed by atoms with Crippen LogP contribution in [-0.2, 0) is 5.41 Å². The molecular weight excluding hydrogens is 206 g/mol. The number of nitrogens with one attached hydrogen (secondary N) is 1.